The van der Waals surface area contributed by atoms with E-state index < -0.39 is 35.3 Å². The summed E-state index contributed by atoms with van der Waals surface area (Å²) >= 11 is 0. The molecule has 2 heterocycles. The molecule has 1 aromatic carbocycles. The Morgan fingerprint density at radius 3 is 2.77 bits per heavy atom. The van der Waals surface area contributed by atoms with Gasteiger partial charge in [0.05, 0.1) is 19.2 Å². The third kappa shape index (κ3) is 3.23. The largest absolute Gasteiger partial charge is 0.467 e. The van der Waals surface area contributed by atoms with Crippen molar-refractivity contribution in [2.45, 2.75) is 38.0 Å². The van der Waals surface area contributed by atoms with Gasteiger partial charge in [-0.25, -0.2) is 18.7 Å². The van der Waals surface area contributed by atoms with Crippen molar-refractivity contribution < 1.29 is 27.1 Å². The zero-order valence-electron chi connectivity index (χ0n) is 13.7. The maximum atomic E-state index is 13.4. The van der Waals surface area contributed by atoms with Crippen LogP contribution in [-0.2, 0) is 28.7 Å². The zero-order chi connectivity index (χ0) is 19.1. The van der Waals surface area contributed by atoms with Crippen LogP contribution in [0.4, 0.5) is 17.6 Å². The van der Waals surface area contributed by atoms with Gasteiger partial charge in [-0.05, 0) is 30.5 Å². The molecule has 2 aromatic rings. The molecular weight excluding hydrogens is 358 g/mol. The minimum Gasteiger partial charge on any atom is -0.467 e. The Hall–Kier alpha value is -2.65. The minimum absolute atomic E-state index is 0.0749. The number of aromatic nitrogens is 3. The standard InChI is InChI=1S/C16H15F4N3O3/c1-26-14(24)12-3-2-4-13-21-22(15(25)23(12)13)8-9-5-6-11(17)10(7-9)16(18,19)20/h5-7,12H,2-4,8H2,1H3/t12-/m0/s1. The van der Waals surface area contributed by atoms with E-state index in [1.165, 1.54) is 11.7 Å². The van der Waals surface area contributed by atoms with Gasteiger partial charge in [0, 0.05) is 6.42 Å². The van der Waals surface area contributed by atoms with Crippen molar-refractivity contribution in [2.75, 3.05) is 7.11 Å². The first-order valence-electron chi connectivity index (χ1n) is 7.84. The lowest BCUT2D eigenvalue weighted by Gasteiger charge is -2.20. The maximum Gasteiger partial charge on any atom is 0.419 e. The summed E-state index contributed by atoms with van der Waals surface area (Å²) in [5.41, 5.74) is -1.95. The number of halogens is 4. The monoisotopic (exact) mass is 373 g/mol. The van der Waals surface area contributed by atoms with E-state index in [0.717, 1.165) is 10.7 Å². The Bertz CT molecular complexity index is 901. The molecule has 0 amide bonds. The van der Waals surface area contributed by atoms with Gasteiger partial charge in [0.1, 0.15) is 17.7 Å². The van der Waals surface area contributed by atoms with Crippen LogP contribution in [0.3, 0.4) is 0 Å². The van der Waals surface area contributed by atoms with E-state index in [4.69, 9.17) is 4.74 Å². The van der Waals surface area contributed by atoms with Gasteiger partial charge in [-0.2, -0.15) is 18.3 Å². The first kappa shape index (κ1) is 18.2. The highest BCUT2D eigenvalue weighted by Gasteiger charge is 2.34. The molecule has 10 heteroatoms. The van der Waals surface area contributed by atoms with Crippen molar-refractivity contribution in [3.8, 4) is 0 Å². The highest BCUT2D eigenvalue weighted by atomic mass is 19.4. The highest BCUT2D eigenvalue weighted by Crippen LogP contribution is 2.32. The Morgan fingerprint density at radius 1 is 1.38 bits per heavy atom. The number of carbonyl (C=O) groups excluding carboxylic acids is 1. The summed E-state index contributed by atoms with van der Waals surface area (Å²) in [6.45, 7) is -0.268. The molecule has 0 saturated carbocycles. The number of benzene rings is 1. The second-order valence-corrected chi connectivity index (χ2v) is 5.97. The van der Waals surface area contributed by atoms with Gasteiger partial charge in [0.15, 0.2) is 0 Å². The Morgan fingerprint density at radius 2 is 2.12 bits per heavy atom. The number of carbonyl (C=O) groups is 1. The van der Waals surface area contributed by atoms with Gasteiger partial charge < -0.3 is 4.74 Å². The smallest absolute Gasteiger partial charge is 0.419 e. The van der Waals surface area contributed by atoms with E-state index in [9.17, 15) is 27.2 Å². The third-order valence-corrected chi connectivity index (χ3v) is 4.27. The SMILES string of the molecule is COC(=O)[C@@H]1CCCc2nn(Cc3ccc(F)c(C(F)(F)F)c3)c(=O)n21. The number of fused-ring (bicyclic) bond motifs is 1. The molecule has 0 fully saturated rings. The van der Waals surface area contributed by atoms with Gasteiger partial charge in [-0.15, -0.1) is 0 Å². The number of hydrogen-bond donors (Lipinski definition) is 0. The molecule has 6 nitrogen and oxygen atoms in total. The van der Waals surface area contributed by atoms with E-state index >= 15 is 0 Å². The molecule has 1 aromatic heterocycles. The lowest BCUT2D eigenvalue weighted by Crippen LogP contribution is -2.35. The van der Waals surface area contributed by atoms with E-state index in [2.05, 4.69) is 5.10 Å². The molecule has 1 aliphatic rings. The fourth-order valence-corrected chi connectivity index (χ4v) is 3.05. The number of methoxy groups -OCH3 is 1. The summed E-state index contributed by atoms with van der Waals surface area (Å²) in [6.07, 6.45) is -3.33. The van der Waals surface area contributed by atoms with Crippen LogP contribution < -0.4 is 5.69 Å². The normalized spacial score (nSPS) is 17.0. The Kier molecular flexibility index (Phi) is 4.59. The Labute approximate surface area is 145 Å². The van der Waals surface area contributed by atoms with Crippen LogP contribution in [0.15, 0.2) is 23.0 Å². The van der Waals surface area contributed by atoms with Crippen LogP contribution in [-0.4, -0.2) is 27.4 Å². The predicted molar refractivity (Wildman–Crippen MR) is 81.0 cm³/mol. The first-order chi connectivity index (χ1) is 12.2. The molecule has 0 radical (unpaired) electrons. The van der Waals surface area contributed by atoms with Gasteiger partial charge >= 0.3 is 17.8 Å². The highest BCUT2D eigenvalue weighted by molar-refractivity contribution is 5.74. The van der Waals surface area contributed by atoms with Crippen LogP contribution in [0.2, 0.25) is 0 Å². The fraction of sp³-hybridized carbons (Fsp3) is 0.438. The number of esters is 1. The number of nitrogens with zero attached hydrogens (tertiary/aromatic N) is 3. The molecular formula is C16H15F4N3O3. The molecule has 1 aliphatic heterocycles. The van der Waals surface area contributed by atoms with Gasteiger partial charge in [-0.1, -0.05) is 6.07 Å². The molecule has 1 atom stereocenters. The number of rotatable bonds is 3. The molecule has 0 saturated heterocycles. The molecule has 0 unspecified atom stereocenters. The van der Waals surface area contributed by atoms with E-state index in [0.29, 0.717) is 37.2 Å². The fourth-order valence-electron chi connectivity index (χ4n) is 3.05. The van der Waals surface area contributed by atoms with Crippen molar-refractivity contribution >= 4 is 5.97 Å². The van der Waals surface area contributed by atoms with Gasteiger partial charge in [0.25, 0.3) is 0 Å². The third-order valence-electron chi connectivity index (χ3n) is 4.27. The summed E-state index contributed by atoms with van der Waals surface area (Å²) in [5, 5.41) is 4.11. The average molecular weight is 373 g/mol. The maximum absolute atomic E-state index is 13.4. The molecule has 0 spiro atoms. The van der Waals surface area contributed by atoms with E-state index in [1.807, 2.05) is 0 Å². The van der Waals surface area contributed by atoms with Crippen LogP contribution in [0, 0.1) is 5.82 Å². The van der Waals surface area contributed by atoms with Crippen molar-refractivity contribution in [1.82, 2.24) is 14.3 Å². The second-order valence-electron chi connectivity index (χ2n) is 5.97. The molecule has 140 valence electrons. The lowest BCUT2D eigenvalue weighted by molar-refractivity contribution is -0.145. The second kappa shape index (κ2) is 6.58. The summed E-state index contributed by atoms with van der Waals surface area (Å²) in [4.78, 5) is 24.4. The quantitative estimate of drug-likeness (QED) is 0.612. The van der Waals surface area contributed by atoms with Gasteiger partial charge in [0.2, 0.25) is 0 Å². The number of aryl methyl sites for hydroxylation is 1. The number of ether oxygens (including phenoxy) is 1. The Balaban J connectivity index is 1.97. The van der Waals surface area contributed by atoms with Crippen molar-refractivity contribution in [3.05, 3.63) is 51.5 Å². The average Bonchev–Trinajstić information content (AvgIpc) is 2.91. The predicted octanol–water partition coefficient (Wildman–Crippen LogP) is 2.30. The summed E-state index contributed by atoms with van der Waals surface area (Å²) in [5.74, 6) is -1.59. The van der Waals surface area contributed by atoms with Crippen molar-refractivity contribution in [1.29, 1.82) is 0 Å². The molecule has 3 rings (SSSR count). The summed E-state index contributed by atoms with van der Waals surface area (Å²) in [6, 6.07) is 1.71. The van der Waals surface area contributed by atoms with Crippen molar-refractivity contribution in [2.24, 2.45) is 0 Å². The van der Waals surface area contributed by atoms with Gasteiger partial charge in [-0.3, -0.25) is 4.57 Å². The van der Waals surface area contributed by atoms with Crippen molar-refractivity contribution in [3.63, 3.8) is 0 Å². The minimum atomic E-state index is -4.84. The van der Waals surface area contributed by atoms with Crippen LogP contribution in [0.5, 0.6) is 0 Å². The summed E-state index contributed by atoms with van der Waals surface area (Å²) < 4.78 is 58.8. The first-order valence-corrected chi connectivity index (χ1v) is 7.84. The van der Waals surface area contributed by atoms with Crippen LogP contribution >= 0.6 is 0 Å². The van der Waals surface area contributed by atoms with Crippen LogP contribution in [0.1, 0.15) is 35.8 Å². The summed E-state index contributed by atoms with van der Waals surface area (Å²) in [7, 11) is 1.21. The molecule has 0 N–H and O–H groups in total. The molecule has 26 heavy (non-hydrogen) atoms. The molecule has 0 aliphatic carbocycles. The van der Waals surface area contributed by atoms with E-state index in [1.54, 1.807) is 0 Å². The van der Waals surface area contributed by atoms with E-state index in [-0.39, 0.29) is 12.1 Å². The lowest BCUT2D eigenvalue weighted by atomic mass is 10.1. The number of alkyl halides is 3. The topological polar surface area (TPSA) is 66.1 Å². The van der Waals surface area contributed by atoms with Crippen LogP contribution in [0.25, 0.3) is 0 Å². The zero-order valence-corrected chi connectivity index (χ0v) is 13.7. The number of hydrogen-bond acceptors (Lipinski definition) is 4. The molecule has 0 bridgehead atoms.